The summed E-state index contributed by atoms with van der Waals surface area (Å²) in [4.78, 5) is 16.4. The van der Waals surface area contributed by atoms with Crippen LogP contribution in [0.2, 0.25) is 0 Å². The molecule has 148 valence electrons. The topological polar surface area (TPSA) is 81.4 Å². The van der Waals surface area contributed by atoms with Crippen LogP contribution in [0.5, 0.6) is 5.75 Å². The van der Waals surface area contributed by atoms with E-state index in [1.807, 2.05) is 24.3 Å². The van der Waals surface area contributed by atoms with E-state index in [1.54, 1.807) is 12.1 Å². The molecule has 0 aliphatic carbocycles. The van der Waals surface area contributed by atoms with Gasteiger partial charge in [-0.2, -0.15) is 8.78 Å². The minimum absolute atomic E-state index is 0.111. The highest BCUT2D eigenvalue weighted by atomic mass is 32.2. The molecule has 0 unspecified atom stereocenters. The van der Waals surface area contributed by atoms with E-state index in [0.29, 0.717) is 23.9 Å². The van der Waals surface area contributed by atoms with Gasteiger partial charge in [0.05, 0.1) is 5.75 Å². The standard InChI is InChI=1S/C18H19F2N5O2S/c1-11-9-12(2)25-17(22-11)23-24-18(25)28-10-15(26)21-8-7-13-3-5-14(6-4-13)27-16(19)20/h3-6,9,16H,7-8,10H2,1-2H3,(H,21,26). The number of alkyl halides is 2. The molecule has 7 nitrogen and oxygen atoms in total. The smallest absolute Gasteiger partial charge is 0.387 e. The third kappa shape index (κ3) is 5.16. The van der Waals surface area contributed by atoms with E-state index in [1.165, 1.54) is 23.9 Å². The molecule has 0 spiro atoms. The summed E-state index contributed by atoms with van der Waals surface area (Å²) in [6.07, 6.45) is 0.585. The van der Waals surface area contributed by atoms with Crippen LogP contribution in [0.15, 0.2) is 35.5 Å². The van der Waals surface area contributed by atoms with E-state index in [2.05, 4.69) is 25.2 Å². The van der Waals surface area contributed by atoms with Gasteiger partial charge >= 0.3 is 6.61 Å². The van der Waals surface area contributed by atoms with Crippen molar-refractivity contribution in [1.82, 2.24) is 24.9 Å². The number of halogens is 2. The summed E-state index contributed by atoms with van der Waals surface area (Å²) < 4.78 is 30.4. The molecule has 0 bridgehead atoms. The maximum atomic E-state index is 12.1. The number of amides is 1. The van der Waals surface area contributed by atoms with Gasteiger partial charge in [-0.3, -0.25) is 9.20 Å². The maximum absolute atomic E-state index is 12.1. The molecule has 0 aliphatic rings. The summed E-state index contributed by atoms with van der Waals surface area (Å²) in [5, 5.41) is 11.6. The normalized spacial score (nSPS) is 11.2. The Morgan fingerprint density at radius 2 is 2.00 bits per heavy atom. The summed E-state index contributed by atoms with van der Waals surface area (Å²) in [7, 11) is 0. The molecule has 2 aromatic heterocycles. The van der Waals surface area contributed by atoms with Crippen molar-refractivity contribution in [1.29, 1.82) is 0 Å². The number of rotatable bonds is 8. The van der Waals surface area contributed by atoms with Gasteiger partial charge in [0.15, 0.2) is 5.16 Å². The molecule has 0 saturated heterocycles. The Hall–Kier alpha value is -2.75. The van der Waals surface area contributed by atoms with Crippen molar-refractivity contribution in [2.24, 2.45) is 0 Å². The number of carbonyl (C=O) groups excluding carboxylic acids is 1. The Kier molecular flexibility index (Phi) is 6.40. The molecular weight excluding hydrogens is 388 g/mol. The lowest BCUT2D eigenvalue weighted by molar-refractivity contribution is -0.118. The highest BCUT2D eigenvalue weighted by Gasteiger charge is 2.12. The second-order valence-corrected chi connectivity index (χ2v) is 7.01. The average molecular weight is 407 g/mol. The molecule has 1 amide bonds. The van der Waals surface area contributed by atoms with E-state index in [9.17, 15) is 13.6 Å². The van der Waals surface area contributed by atoms with Crippen molar-refractivity contribution in [2.45, 2.75) is 32.0 Å². The molecular formula is C18H19F2N5O2S. The number of benzene rings is 1. The van der Waals surface area contributed by atoms with Gasteiger partial charge in [-0.1, -0.05) is 23.9 Å². The van der Waals surface area contributed by atoms with Crippen LogP contribution in [0, 0.1) is 13.8 Å². The van der Waals surface area contributed by atoms with Gasteiger partial charge in [0.1, 0.15) is 5.75 Å². The van der Waals surface area contributed by atoms with Crippen molar-refractivity contribution in [3.05, 3.63) is 47.3 Å². The summed E-state index contributed by atoms with van der Waals surface area (Å²) in [5.74, 6) is 0.700. The van der Waals surface area contributed by atoms with Crippen molar-refractivity contribution in [3.8, 4) is 5.75 Å². The fraction of sp³-hybridized carbons (Fsp3) is 0.333. The van der Waals surface area contributed by atoms with Crippen molar-refractivity contribution in [2.75, 3.05) is 12.3 Å². The average Bonchev–Trinajstić information content (AvgIpc) is 3.04. The zero-order valence-electron chi connectivity index (χ0n) is 15.4. The SMILES string of the molecule is Cc1cc(C)n2c(SCC(=O)NCCc3ccc(OC(F)F)cc3)nnc2n1. The first kappa shape index (κ1) is 20.0. The number of aryl methyl sites for hydroxylation is 2. The van der Waals surface area contributed by atoms with Crippen molar-refractivity contribution < 1.29 is 18.3 Å². The second-order valence-electron chi connectivity index (χ2n) is 6.07. The number of nitrogens with one attached hydrogen (secondary N) is 1. The van der Waals surface area contributed by atoms with Gasteiger partial charge in [0.2, 0.25) is 5.91 Å². The minimum atomic E-state index is -2.84. The molecule has 28 heavy (non-hydrogen) atoms. The van der Waals surface area contributed by atoms with E-state index in [-0.39, 0.29) is 17.4 Å². The van der Waals surface area contributed by atoms with Crippen LogP contribution < -0.4 is 10.1 Å². The number of aromatic nitrogens is 4. The van der Waals surface area contributed by atoms with Crippen LogP contribution in [0.4, 0.5) is 8.78 Å². The number of hydrogen-bond donors (Lipinski definition) is 1. The van der Waals surface area contributed by atoms with E-state index in [0.717, 1.165) is 17.0 Å². The van der Waals surface area contributed by atoms with Crippen LogP contribution in [-0.2, 0) is 11.2 Å². The molecule has 0 saturated carbocycles. The first-order valence-corrected chi connectivity index (χ1v) is 9.53. The first-order chi connectivity index (χ1) is 13.4. The minimum Gasteiger partial charge on any atom is -0.435 e. The van der Waals surface area contributed by atoms with Crippen LogP contribution in [0.1, 0.15) is 17.0 Å². The quantitative estimate of drug-likeness (QED) is 0.579. The number of nitrogens with zero attached hydrogens (tertiary/aromatic N) is 4. The number of thioether (sulfide) groups is 1. The zero-order valence-corrected chi connectivity index (χ0v) is 16.2. The number of fused-ring (bicyclic) bond motifs is 1. The lowest BCUT2D eigenvalue weighted by atomic mass is 10.1. The molecule has 3 aromatic rings. The predicted octanol–water partition coefficient (Wildman–Crippen LogP) is 2.79. The fourth-order valence-corrected chi connectivity index (χ4v) is 3.47. The summed E-state index contributed by atoms with van der Waals surface area (Å²) in [5.41, 5.74) is 2.73. The Morgan fingerprint density at radius 3 is 2.71 bits per heavy atom. The van der Waals surface area contributed by atoms with E-state index >= 15 is 0 Å². The Morgan fingerprint density at radius 1 is 1.25 bits per heavy atom. The Labute approximate surface area is 164 Å². The first-order valence-electron chi connectivity index (χ1n) is 8.55. The molecule has 0 radical (unpaired) electrons. The molecule has 2 heterocycles. The molecule has 3 rings (SSSR count). The van der Waals surface area contributed by atoms with Gasteiger partial charge in [-0.25, -0.2) is 4.98 Å². The largest absolute Gasteiger partial charge is 0.435 e. The highest BCUT2D eigenvalue weighted by molar-refractivity contribution is 7.99. The van der Waals surface area contributed by atoms with Crippen molar-refractivity contribution >= 4 is 23.4 Å². The molecule has 1 aromatic carbocycles. The van der Waals surface area contributed by atoms with Crippen LogP contribution >= 0.6 is 11.8 Å². The fourth-order valence-electron chi connectivity index (χ4n) is 2.66. The van der Waals surface area contributed by atoms with Crippen molar-refractivity contribution in [3.63, 3.8) is 0 Å². The van der Waals surface area contributed by atoms with Gasteiger partial charge in [-0.05, 0) is 44.0 Å². The molecule has 10 heteroatoms. The van der Waals surface area contributed by atoms with E-state index < -0.39 is 6.61 Å². The van der Waals surface area contributed by atoms with Crippen LogP contribution in [-0.4, -0.2) is 44.4 Å². The number of hydrogen-bond acceptors (Lipinski definition) is 6. The predicted molar refractivity (Wildman–Crippen MR) is 101 cm³/mol. The van der Waals surface area contributed by atoms with Gasteiger partial charge in [0.25, 0.3) is 5.78 Å². The summed E-state index contributed by atoms with van der Waals surface area (Å²) >= 11 is 1.29. The molecule has 0 atom stereocenters. The van der Waals surface area contributed by atoms with Gasteiger partial charge < -0.3 is 10.1 Å². The zero-order chi connectivity index (χ0) is 20.1. The highest BCUT2D eigenvalue weighted by Crippen LogP contribution is 2.18. The monoisotopic (exact) mass is 407 g/mol. The molecule has 0 fully saturated rings. The summed E-state index contributed by atoms with van der Waals surface area (Å²) in [6, 6.07) is 8.27. The Balaban J connectivity index is 1.46. The van der Waals surface area contributed by atoms with Gasteiger partial charge in [0, 0.05) is 17.9 Å². The molecule has 0 aliphatic heterocycles. The van der Waals surface area contributed by atoms with Crippen LogP contribution in [0.25, 0.3) is 5.78 Å². The lowest BCUT2D eigenvalue weighted by Gasteiger charge is -2.07. The maximum Gasteiger partial charge on any atom is 0.387 e. The van der Waals surface area contributed by atoms with E-state index in [4.69, 9.17) is 0 Å². The van der Waals surface area contributed by atoms with Crippen LogP contribution in [0.3, 0.4) is 0 Å². The number of carbonyl (C=O) groups is 1. The third-order valence-corrected chi connectivity index (χ3v) is 4.81. The Bertz CT molecular complexity index is 963. The third-order valence-electron chi connectivity index (χ3n) is 3.88. The van der Waals surface area contributed by atoms with Gasteiger partial charge in [-0.15, -0.1) is 10.2 Å². The summed E-state index contributed by atoms with van der Waals surface area (Å²) in [6.45, 7) is 1.43. The molecule has 1 N–H and O–H groups in total. The lowest BCUT2D eigenvalue weighted by Crippen LogP contribution is -2.27. The second kappa shape index (κ2) is 8.96. The number of ether oxygens (including phenoxy) is 1.